The molecule has 2 aliphatic rings. The maximum Gasteiger partial charge on any atom is 0.417 e. The first-order chi connectivity index (χ1) is 10.9. The van der Waals surface area contributed by atoms with E-state index in [1.54, 1.807) is 12.1 Å². The molecule has 2 heterocycles. The highest BCUT2D eigenvalue weighted by atomic mass is 32.2. The minimum absolute atomic E-state index is 0.0722. The van der Waals surface area contributed by atoms with Crippen molar-refractivity contribution in [1.82, 2.24) is 0 Å². The largest absolute Gasteiger partial charge is 0.417 e. The van der Waals surface area contributed by atoms with Crippen LogP contribution in [0.4, 0.5) is 18.9 Å². The fraction of sp³-hybridized carbons (Fsp3) is 0.562. The second kappa shape index (κ2) is 6.25. The molecule has 0 aromatic heterocycles. The Labute approximate surface area is 137 Å². The molecule has 3 rings (SSSR count). The second-order valence-electron chi connectivity index (χ2n) is 5.90. The van der Waals surface area contributed by atoms with Crippen LogP contribution >= 0.6 is 11.8 Å². The van der Waals surface area contributed by atoms with Gasteiger partial charge in [-0.1, -0.05) is 0 Å². The number of anilines is 1. The summed E-state index contributed by atoms with van der Waals surface area (Å²) in [5.41, 5.74) is -0.632. The number of hydrogen-bond acceptors (Lipinski definition) is 4. The lowest BCUT2D eigenvalue weighted by atomic mass is 9.97. The average Bonchev–Trinajstić information content (AvgIpc) is 2.54. The molecule has 23 heavy (non-hydrogen) atoms. The molecule has 1 spiro atoms. The molecule has 124 valence electrons. The molecule has 0 unspecified atom stereocenters. The van der Waals surface area contributed by atoms with E-state index in [2.05, 4.69) is 0 Å². The molecule has 0 atom stereocenters. The van der Waals surface area contributed by atoms with Crippen LogP contribution in [0.5, 0.6) is 0 Å². The SMILES string of the molecule is N#Cc1ccc(N2CCSC3(CCOCC3)C2)cc1C(F)(F)F. The van der Waals surface area contributed by atoms with Gasteiger partial charge in [0.15, 0.2) is 0 Å². The Bertz CT molecular complexity index is 615. The van der Waals surface area contributed by atoms with Crippen LogP contribution < -0.4 is 4.90 Å². The highest BCUT2D eigenvalue weighted by Gasteiger charge is 2.39. The Morgan fingerprint density at radius 3 is 2.65 bits per heavy atom. The van der Waals surface area contributed by atoms with Crippen molar-refractivity contribution >= 4 is 17.4 Å². The van der Waals surface area contributed by atoms with E-state index in [9.17, 15) is 13.2 Å². The van der Waals surface area contributed by atoms with Gasteiger partial charge in [-0.2, -0.15) is 30.2 Å². The Morgan fingerprint density at radius 2 is 2.00 bits per heavy atom. The summed E-state index contributed by atoms with van der Waals surface area (Å²) < 4.78 is 44.9. The standard InChI is InChI=1S/C16H17F3N2OS/c17-16(18,19)14-9-13(2-1-12(14)10-20)21-5-8-23-15(11-21)3-6-22-7-4-15/h1-2,9H,3-8,11H2. The average molecular weight is 342 g/mol. The van der Waals surface area contributed by atoms with Crippen LogP contribution in [-0.2, 0) is 10.9 Å². The predicted molar refractivity (Wildman–Crippen MR) is 83.6 cm³/mol. The van der Waals surface area contributed by atoms with E-state index in [-0.39, 0.29) is 10.3 Å². The van der Waals surface area contributed by atoms with Crippen molar-refractivity contribution < 1.29 is 17.9 Å². The maximum absolute atomic E-state index is 13.1. The lowest BCUT2D eigenvalue weighted by Gasteiger charge is -2.45. The quantitative estimate of drug-likeness (QED) is 0.780. The monoisotopic (exact) mass is 342 g/mol. The number of thioether (sulfide) groups is 1. The molecule has 2 fully saturated rings. The van der Waals surface area contributed by atoms with Crippen molar-refractivity contribution in [3.63, 3.8) is 0 Å². The van der Waals surface area contributed by atoms with E-state index in [1.807, 2.05) is 16.7 Å². The fourth-order valence-electron chi connectivity index (χ4n) is 3.17. The van der Waals surface area contributed by atoms with Crippen molar-refractivity contribution in [1.29, 1.82) is 5.26 Å². The molecule has 2 saturated heterocycles. The van der Waals surface area contributed by atoms with Gasteiger partial charge in [0.25, 0.3) is 0 Å². The molecule has 1 aromatic carbocycles. The first kappa shape index (κ1) is 16.5. The fourth-order valence-corrected chi connectivity index (χ4v) is 4.62. The third kappa shape index (κ3) is 3.43. The van der Waals surface area contributed by atoms with Crippen LogP contribution in [0.3, 0.4) is 0 Å². The minimum Gasteiger partial charge on any atom is -0.381 e. The third-order valence-corrected chi connectivity index (χ3v) is 5.98. The molecule has 0 amide bonds. The number of alkyl halides is 3. The Morgan fingerprint density at radius 1 is 1.26 bits per heavy atom. The molecule has 1 aromatic rings. The summed E-state index contributed by atoms with van der Waals surface area (Å²) in [5, 5.41) is 8.90. The second-order valence-corrected chi connectivity index (χ2v) is 7.47. The van der Waals surface area contributed by atoms with Gasteiger partial charge in [-0.3, -0.25) is 0 Å². The first-order valence-corrected chi connectivity index (χ1v) is 8.50. The summed E-state index contributed by atoms with van der Waals surface area (Å²) in [4.78, 5) is 2.01. The summed E-state index contributed by atoms with van der Waals surface area (Å²) in [5.74, 6) is 0.890. The number of benzene rings is 1. The highest BCUT2D eigenvalue weighted by molar-refractivity contribution is 8.00. The summed E-state index contributed by atoms with van der Waals surface area (Å²) in [6.45, 7) is 2.87. The highest BCUT2D eigenvalue weighted by Crippen LogP contribution is 2.41. The Kier molecular flexibility index (Phi) is 4.47. The summed E-state index contributed by atoms with van der Waals surface area (Å²) in [6, 6.07) is 5.64. The summed E-state index contributed by atoms with van der Waals surface area (Å²) in [7, 11) is 0. The van der Waals surface area contributed by atoms with Crippen LogP contribution in [0, 0.1) is 11.3 Å². The van der Waals surface area contributed by atoms with E-state index < -0.39 is 11.7 Å². The van der Waals surface area contributed by atoms with E-state index in [0.29, 0.717) is 18.9 Å². The van der Waals surface area contributed by atoms with Gasteiger partial charge < -0.3 is 9.64 Å². The van der Waals surface area contributed by atoms with Gasteiger partial charge in [-0.05, 0) is 31.0 Å². The zero-order chi connectivity index (χ0) is 16.5. The topological polar surface area (TPSA) is 36.3 Å². The van der Waals surface area contributed by atoms with Crippen LogP contribution in [-0.4, -0.2) is 36.8 Å². The normalized spacial score (nSPS) is 21.2. The van der Waals surface area contributed by atoms with Gasteiger partial charge in [-0.15, -0.1) is 0 Å². The van der Waals surface area contributed by atoms with Gasteiger partial charge >= 0.3 is 6.18 Å². The van der Waals surface area contributed by atoms with Crippen LogP contribution in [0.25, 0.3) is 0 Å². The van der Waals surface area contributed by atoms with Crippen LogP contribution in [0.1, 0.15) is 24.0 Å². The number of nitriles is 1. The molecule has 0 N–H and O–H groups in total. The molecule has 3 nitrogen and oxygen atoms in total. The van der Waals surface area contributed by atoms with Crippen molar-refractivity contribution in [2.45, 2.75) is 23.8 Å². The van der Waals surface area contributed by atoms with Gasteiger partial charge in [0.2, 0.25) is 0 Å². The van der Waals surface area contributed by atoms with Crippen molar-refractivity contribution in [3.8, 4) is 6.07 Å². The van der Waals surface area contributed by atoms with E-state index in [1.165, 1.54) is 6.07 Å². The van der Waals surface area contributed by atoms with Gasteiger partial charge in [0.05, 0.1) is 17.2 Å². The number of hydrogen-bond donors (Lipinski definition) is 0. The van der Waals surface area contributed by atoms with Gasteiger partial charge in [-0.25, -0.2) is 0 Å². The lowest BCUT2D eigenvalue weighted by molar-refractivity contribution is -0.137. The Balaban J connectivity index is 1.88. The summed E-state index contributed by atoms with van der Waals surface area (Å²) in [6.07, 6.45) is -2.66. The smallest absolute Gasteiger partial charge is 0.381 e. The number of ether oxygens (including phenoxy) is 1. The van der Waals surface area contributed by atoms with Gasteiger partial charge in [0, 0.05) is 42.5 Å². The zero-order valence-electron chi connectivity index (χ0n) is 12.5. The van der Waals surface area contributed by atoms with Crippen LogP contribution in [0.2, 0.25) is 0 Å². The maximum atomic E-state index is 13.1. The molecule has 2 aliphatic heterocycles. The Hall–Kier alpha value is -1.39. The van der Waals surface area contributed by atoms with E-state index in [0.717, 1.165) is 37.8 Å². The molecule has 0 bridgehead atoms. The van der Waals surface area contributed by atoms with Crippen LogP contribution in [0.15, 0.2) is 18.2 Å². The zero-order valence-corrected chi connectivity index (χ0v) is 13.3. The third-order valence-electron chi connectivity index (χ3n) is 4.45. The van der Waals surface area contributed by atoms with Gasteiger partial charge in [0.1, 0.15) is 0 Å². The predicted octanol–water partition coefficient (Wildman–Crippen LogP) is 3.68. The first-order valence-electron chi connectivity index (χ1n) is 7.52. The molecular formula is C16H17F3N2OS. The summed E-state index contributed by atoms with van der Waals surface area (Å²) >= 11 is 1.91. The number of rotatable bonds is 1. The molecule has 7 heteroatoms. The molecule has 0 saturated carbocycles. The molecule has 0 radical (unpaired) electrons. The van der Waals surface area contributed by atoms with E-state index in [4.69, 9.17) is 10.00 Å². The van der Waals surface area contributed by atoms with E-state index >= 15 is 0 Å². The molecule has 0 aliphatic carbocycles. The van der Waals surface area contributed by atoms with Crippen molar-refractivity contribution in [3.05, 3.63) is 29.3 Å². The molecular weight excluding hydrogens is 325 g/mol. The number of nitrogens with zero attached hydrogens (tertiary/aromatic N) is 2. The lowest BCUT2D eigenvalue weighted by Crippen LogP contribution is -2.49. The van der Waals surface area contributed by atoms with Crippen molar-refractivity contribution in [2.24, 2.45) is 0 Å². The minimum atomic E-state index is -4.51. The number of halogens is 3. The van der Waals surface area contributed by atoms with Crippen molar-refractivity contribution in [2.75, 3.05) is 37.0 Å².